The fraction of sp³-hybridized carbons (Fsp3) is 0.389. The molecule has 25 heavy (non-hydrogen) atoms. The van der Waals surface area contributed by atoms with Crippen molar-refractivity contribution in [2.45, 2.75) is 39.7 Å². The minimum atomic E-state index is -0.569. The van der Waals surface area contributed by atoms with Crippen molar-refractivity contribution < 1.29 is 19.1 Å². The van der Waals surface area contributed by atoms with E-state index in [4.69, 9.17) is 21.1 Å². The zero-order chi connectivity index (χ0) is 18.6. The molecular weight excluding hydrogens is 344 g/mol. The molecule has 0 aliphatic heterocycles. The number of carbonyl (C=O) groups is 2. The van der Waals surface area contributed by atoms with Gasteiger partial charge in [-0.05, 0) is 45.9 Å². The third kappa shape index (κ3) is 5.60. The molecule has 0 aliphatic rings. The molecule has 134 valence electrons. The van der Waals surface area contributed by atoms with Crippen LogP contribution in [0.4, 0.5) is 0 Å². The lowest BCUT2D eigenvalue weighted by atomic mass is 10.1. The molecule has 6 nitrogen and oxygen atoms in total. The van der Waals surface area contributed by atoms with Crippen molar-refractivity contribution >= 4 is 40.5 Å². The van der Waals surface area contributed by atoms with Gasteiger partial charge in [-0.3, -0.25) is 4.79 Å². The fourth-order valence-corrected chi connectivity index (χ4v) is 2.48. The van der Waals surface area contributed by atoms with Gasteiger partial charge in [-0.25, -0.2) is 9.78 Å². The molecule has 0 atom stereocenters. The van der Waals surface area contributed by atoms with Gasteiger partial charge in [0.05, 0.1) is 24.2 Å². The van der Waals surface area contributed by atoms with Crippen LogP contribution < -0.4 is 0 Å². The van der Waals surface area contributed by atoms with E-state index in [0.29, 0.717) is 18.0 Å². The van der Waals surface area contributed by atoms with Crippen LogP contribution in [0.2, 0.25) is 5.15 Å². The third-order valence-corrected chi connectivity index (χ3v) is 3.30. The number of aromatic amines is 1. The molecule has 0 aromatic carbocycles. The topological polar surface area (TPSA) is 81.3 Å². The summed E-state index contributed by atoms with van der Waals surface area (Å²) in [5, 5.41) is 1.02. The monoisotopic (exact) mass is 364 g/mol. The Morgan fingerprint density at radius 3 is 2.68 bits per heavy atom. The number of halogens is 1. The number of hydrogen-bond acceptors (Lipinski definition) is 5. The number of nitrogens with zero attached hydrogens (tertiary/aromatic N) is 1. The highest BCUT2D eigenvalue weighted by Crippen LogP contribution is 2.24. The van der Waals surface area contributed by atoms with Crippen LogP contribution in [0.5, 0.6) is 0 Å². The molecule has 7 heteroatoms. The first-order valence-corrected chi connectivity index (χ1v) is 8.30. The number of pyridine rings is 1. The standard InChI is InChI=1S/C18H21ClN2O4/c1-5-24-16(22)7-6-11-8-12-13(20-11)9-15(19)21-14(12)10-17(23)25-18(2,3)4/h6-9,20H,5,10H2,1-4H3. The Hall–Kier alpha value is -2.34. The molecule has 0 spiro atoms. The Bertz CT molecular complexity index is 818. The Kier molecular flexibility index (Phi) is 5.85. The van der Waals surface area contributed by atoms with Crippen LogP contribution in [0.25, 0.3) is 17.0 Å². The largest absolute Gasteiger partial charge is 0.463 e. The first kappa shape index (κ1) is 19.0. The van der Waals surface area contributed by atoms with Gasteiger partial charge in [-0.15, -0.1) is 0 Å². The van der Waals surface area contributed by atoms with Gasteiger partial charge in [0.15, 0.2) is 0 Å². The number of aromatic nitrogens is 2. The Morgan fingerprint density at radius 2 is 2.04 bits per heavy atom. The Morgan fingerprint density at radius 1 is 1.32 bits per heavy atom. The van der Waals surface area contributed by atoms with Crippen molar-refractivity contribution in [1.82, 2.24) is 9.97 Å². The van der Waals surface area contributed by atoms with Gasteiger partial charge < -0.3 is 14.5 Å². The highest BCUT2D eigenvalue weighted by molar-refractivity contribution is 6.30. The Labute approximate surface area is 151 Å². The third-order valence-electron chi connectivity index (χ3n) is 3.10. The second-order valence-corrected chi connectivity index (χ2v) is 6.81. The number of esters is 2. The maximum atomic E-state index is 12.1. The highest BCUT2D eigenvalue weighted by Gasteiger charge is 2.19. The molecule has 1 N–H and O–H groups in total. The molecule has 0 aliphatic carbocycles. The average Bonchev–Trinajstić information content (AvgIpc) is 2.86. The van der Waals surface area contributed by atoms with E-state index in [-0.39, 0.29) is 17.5 Å². The first-order chi connectivity index (χ1) is 11.7. The molecule has 0 unspecified atom stereocenters. The van der Waals surface area contributed by atoms with E-state index in [1.165, 1.54) is 6.08 Å². The smallest absolute Gasteiger partial charge is 0.330 e. The number of carbonyl (C=O) groups excluding carboxylic acids is 2. The van der Waals surface area contributed by atoms with Crippen molar-refractivity contribution in [3.63, 3.8) is 0 Å². The van der Waals surface area contributed by atoms with E-state index in [1.54, 1.807) is 45.9 Å². The molecule has 2 aromatic rings. The number of hydrogen-bond donors (Lipinski definition) is 1. The summed E-state index contributed by atoms with van der Waals surface area (Å²) in [5.74, 6) is -0.806. The van der Waals surface area contributed by atoms with Crippen LogP contribution in [0.3, 0.4) is 0 Å². The van der Waals surface area contributed by atoms with Crippen molar-refractivity contribution in [1.29, 1.82) is 0 Å². The van der Waals surface area contributed by atoms with E-state index in [0.717, 1.165) is 10.9 Å². The second-order valence-electron chi connectivity index (χ2n) is 6.43. The number of rotatable bonds is 5. The van der Waals surface area contributed by atoms with Crippen molar-refractivity contribution in [3.8, 4) is 0 Å². The van der Waals surface area contributed by atoms with Gasteiger partial charge >= 0.3 is 11.9 Å². The van der Waals surface area contributed by atoms with Gasteiger partial charge in [0, 0.05) is 17.2 Å². The molecule has 0 bridgehead atoms. The summed E-state index contributed by atoms with van der Waals surface area (Å²) in [6, 6.07) is 3.46. The molecule has 2 heterocycles. The summed E-state index contributed by atoms with van der Waals surface area (Å²) in [5.41, 5.74) is 1.35. The first-order valence-electron chi connectivity index (χ1n) is 7.93. The van der Waals surface area contributed by atoms with E-state index < -0.39 is 11.6 Å². The SMILES string of the molecule is CCOC(=O)C=Cc1cc2c(CC(=O)OC(C)(C)C)nc(Cl)cc2[nH]1. The zero-order valence-electron chi connectivity index (χ0n) is 14.7. The van der Waals surface area contributed by atoms with E-state index in [9.17, 15) is 9.59 Å². The minimum Gasteiger partial charge on any atom is -0.463 e. The van der Waals surface area contributed by atoms with E-state index >= 15 is 0 Å². The van der Waals surface area contributed by atoms with E-state index in [1.807, 2.05) is 0 Å². The quantitative estimate of drug-likeness (QED) is 0.497. The highest BCUT2D eigenvalue weighted by atomic mass is 35.5. The minimum absolute atomic E-state index is 0.00716. The van der Waals surface area contributed by atoms with Gasteiger partial charge in [0.25, 0.3) is 0 Å². The average molecular weight is 365 g/mol. The lowest BCUT2D eigenvalue weighted by Crippen LogP contribution is -2.25. The van der Waals surface area contributed by atoms with Crippen LogP contribution in [0.15, 0.2) is 18.2 Å². The van der Waals surface area contributed by atoms with E-state index in [2.05, 4.69) is 9.97 Å². The molecule has 0 saturated carbocycles. The molecule has 0 amide bonds. The summed E-state index contributed by atoms with van der Waals surface area (Å²) in [6.07, 6.45) is 2.94. The lowest BCUT2D eigenvalue weighted by molar-refractivity contribution is -0.154. The maximum Gasteiger partial charge on any atom is 0.330 e. The zero-order valence-corrected chi connectivity index (χ0v) is 15.4. The molecule has 0 radical (unpaired) electrons. The summed E-state index contributed by atoms with van der Waals surface area (Å²) in [4.78, 5) is 30.9. The number of nitrogens with one attached hydrogen (secondary N) is 1. The summed E-state index contributed by atoms with van der Waals surface area (Å²) >= 11 is 6.04. The maximum absolute atomic E-state index is 12.1. The Balaban J connectivity index is 2.29. The molecule has 2 rings (SSSR count). The molecule has 2 aromatic heterocycles. The van der Waals surface area contributed by atoms with Crippen LogP contribution in [-0.2, 0) is 25.5 Å². The number of ether oxygens (including phenoxy) is 2. The summed E-state index contributed by atoms with van der Waals surface area (Å²) in [7, 11) is 0. The van der Waals surface area contributed by atoms with Crippen molar-refractivity contribution in [3.05, 3.63) is 34.7 Å². The normalized spacial score (nSPS) is 11.9. The van der Waals surface area contributed by atoms with Gasteiger partial charge in [0.1, 0.15) is 10.8 Å². The van der Waals surface area contributed by atoms with Crippen LogP contribution >= 0.6 is 11.6 Å². The predicted octanol–water partition coefficient (Wildman–Crippen LogP) is 3.68. The van der Waals surface area contributed by atoms with Crippen molar-refractivity contribution in [2.24, 2.45) is 0 Å². The number of H-pyrrole nitrogens is 1. The van der Waals surface area contributed by atoms with Gasteiger partial charge in [0.2, 0.25) is 0 Å². The van der Waals surface area contributed by atoms with Crippen LogP contribution in [0, 0.1) is 0 Å². The van der Waals surface area contributed by atoms with Crippen molar-refractivity contribution in [2.75, 3.05) is 6.61 Å². The molecule has 0 fully saturated rings. The molecule has 0 saturated heterocycles. The second kappa shape index (κ2) is 7.70. The lowest BCUT2D eigenvalue weighted by Gasteiger charge is -2.19. The predicted molar refractivity (Wildman–Crippen MR) is 96.3 cm³/mol. The number of fused-ring (bicyclic) bond motifs is 1. The summed E-state index contributed by atoms with van der Waals surface area (Å²) < 4.78 is 10.2. The summed E-state index contributed by atoms with van der Waals surface area (Å²) in [6.45, 7) is 7.47. The fourth-order valence-electron chi connectivity index (χ4n) is 2.27. The van der Waals surface area contributed by atoms with Crippen LogP contribution in [-0.4, -0.2) is 34.1 Å². The van der Waals surface area contributed by atoms with Gasteiger partial charge in [-0.2, -0.15) is 0 Å². The van der Waals surface area contributed by atoms with Gasteiger partial charge in [-0.1, -0.05) is 11.6 Å². The van der Waals surface area contributed by atoms with Crippen LogP contribution in [0.1, 0.15) is 39.1 Å². The molecular formula is C18H21ClN2O4.